The van der Waals surface area contributed by atoms with E-state index in [1.807, 2.05) is 0 Å². The topological polar surface area (TPSA) is 0 Å². The molecule has 0 aromatic heterocycles. The third kappa shape index (κ3) is 2.14. The summed E-state index contributed by atoms with van der Waals surface area (Å²) < 4.78 is 0. The van der Waals surface area contributed by atoms with Gasteiger partial charge in [0.2, 0.25) is 0 Å². The Bertz CT molecular complexity index is 290. The van der Waals surface area contributed by atoms with Gasteiger partial charge >= 0.3 is 0 Å². The standard InChI is InChI=1S/C18H36/c1-10-17(8)12-16(6,7)18(9,11-2)15(5)13(3)14(17)4/h13-15H,10-12H2,1-9H3. The van der Waals surface area contributed by atoms with Crippen molar-refractivity contribution in [1.82, 2.24) is 0 Å². The Morgan fingerprint density at radius 3 is 1.72 bits per heavy atom. The normalized spacial score (nSPS) is 48.8. The summed E-state index contributed by atoms with van der Waals surface area (Å²) in [4.78, 5) is 0. The quantitative estimate of drug-likeness (QED) is 0.516. The molecular formula is C18H36. The average molecular weight is 252 g/mol. The van der Waals surface area contributed by atoms with Crippen LogP contribution in [0.5, 0.6) is 0 Å². The van der Waals surface area contributed by atoms with E-state index < -0.39 is 0 Å². The Hall–Kier alpha value is 0. The van der Waals surface area contributed by atoms with Crippen LogP contribution in [-0.4, -0.2) is 0 Å². The van der Waals surface area contributed by atoms with E-state index in [0.29, 0.717) is 16.2 Å². The van der Waals surface area contributed by atoms with Gasteiger partial charge in [0.05, 0.1) is 0 Å². The summed E-state index contributed by atoms with van der Waals surface area (Å²) in [7, 11) is 0. The van der Waals surface area contributed by atoms with E-state index in [2.05, 4.69) is 62.3 Å². The van der Waals surface area contributed by atoms with Crippen LogP contribution in [0.4, 0.5) is 0 Å². The molecule has 0 nitrogen and oxygen atoms in total. The summed E-state index contributed by atoms with van der Waals surface area (Å²) in [6, 6.07) is 0. The summed E-state index contributed by atoms with van der Waals surface area (Å²) in [5, 5.41) is 0. The molecule has 1 fully saturated rings. The molecule has 0 N–H and O–H groups in total. The molecule has 0 saturated heterocycles. The van der Waals surface area contributed by atoms with Crippen molar-refractivity contribution >= 4 is 0 Å². The summed E-state index contributed by atoms with van der Waals surface area (Å²) >= 11 is 0. The van der Waals surface area contributed by atoms with Crippen LogP contribution in [0.3, 0.4) is 0 Å². The maximum atomic E-state index is 2.54. The molecule has 0 heteroatoms. The highest BCUT2D eigenvalue weighted by molar-refractivity contribution is 5.02. The predicted octanol–water partition coefficient (Wildman–Crippen LogP) is 6.16. The molecule has 1 saturated carbocycles. The van der Waals surface area contributed by atoms with E-state index in [4.69, 9.17) is 0 Å². The zero-order valence-corrected chi connectivity index (χ0v) is 14.4. The van der Waals surface area contributed by atoms with Crippen molar-refractivity contribution < 1.29 is 0 Å². The van der Waals surface area contributed by atoms with Gasteiger partial charge in [0, 0.05) is 0 Å². The van der Waals surface area contributed by atoms with Gasteiger partial charge in [0.15, 0.2) is 0 Å². The van der Waals surface area contributed by atoms with E-state index in [1.54, 1.807) is 0 Å². The van der Waals surface area contributed by atoms with Gasteiger partial charge in [0.1, 0.15) is 0 Å². The molecule has 0 aromatic carbocycles. The number of hydrogen-bond donors (Lipinski definition) is 0. The van der Waals surface area contributed by atoms with Crippen molar-refractivity contribution in [2.45, 2.75) is 81.6 Å². The van der Waals surface area contributed by atoms with Crippen LogP contribution >= 0.6 is 0 Å². The van der Waals surface area contributed by atoms with Gasteiger partial charge in [-0.3, -0.25) is 0 Å². The Balaban J connectivity index is 3.32. The van der Waals surface area contributed by atoms with Gasteiger partial charge in [-0.25, -0.2) is 0 Å². The molecule has 0 bridgehead atoms. The second kappa shape index (κ2) is 4.84. The molecule has 1 aliphatic rings. The second-order valence-corrected chi connectivity index (χ2v) is 8.28. The monoisotopic (exact) mass is 252 g/mol. The fraction of sp³-hybridized carbons (Fsp3) is 1.00. The zero-order valence-electron chi connectivity index (χ0n) is 14.4. The summed E-state index contributed by atoms with van der Waals surface area (Å²) in [5.41, 5.74) is 1.41. The molecule has 5 unspecified atom stereocenters. The van der Waals surface area contributed by atoms with Crippen molar-refractivity contribution in [2.24, 2.45) is 34.0 Å². The van der Waals surface area contributed by atoms with E-state index in [-0.39, 0.29) is 0 Å². The van der Waals surface area contributed by atoms with Crippen LogP contribution in [-0.2, 0) is 0 Å². The SMILES string of the molecule is CCC1(C)CC(C)(C)C(C)(CC)C(C)C(C)C1C. The molecule has 0 radical (unpaired) electrons. The minimum atomic E-state index is 0.435. The summed E-state index contributed by atoms with van der Waals surface area (Å²) in [5.74, 6) is 2.45. The first-order chi connectivity index (χ1) is 8.05. The molecule has 1 aliphatic carbocycles. The Labute approximate surface area is 116 Å². The van der Waals surface area contributed by atoms with Crippen molar-refractivity contribution in [3.63, 3.8) is 0 Å². The smallest absolute Gasteiger partial charge is 0.0249 e. The molecular weight excluding hydrogens is 216 g/mol. The largest absolute Gasteiger partial charge is 0.0649 e. The summed E-state index contributed by atoms with van der Waals surface area (Å²) in [6.45, 7) is 22.4. The lowest BCUT2D eigenvalue weighted by Crippen LogP contribution is -2.41. The number of rotatable bonds is 2. The van der Waals surface area contributed by atoms with Gasteiger partial charge in [-0.1, -0.05) is 68.7 Å². The third-order valence-corrected chi connectivity index (χ3v) is 7.62. The average Bonchev–Trinajstić information content (AvgIpc) is 2.36. The maximum absolute atomic E-state index is 2.54. The second-order valence-electron chi connectivity index (χ2n) is 8.28. The highest BCUT2D eigenvalue weighted by Gasteiger charge is 2.53. The van der Waals surface area contributed by atoms with Crippen molar-refractivity contribution in [3.05, 3.63) is 0 Å². The molecule has 0 amide bonds. The first-order valence-electron chi connectivity index (χ1n) is 8.05. The third-order valence-electron chi connectivity index (χ3n) is 7.62. The highest BCUT2D eigenvalue weighted by Crippen LogP contribution is 2.61. The Morgan fingerprint density at radius 2 is 1.33 bits per heavy atom. The van der Waals surface area contributed by atoms with Crippen LogP contribution in [0.15, 0.2) is 0 Å². The van der Waals surface area contributed by atoms with E-state index in [1.165, 1.54) is 19.3 Å². The fourth-order valence-corrected chi connectivity index (χ4v) is 4.88. The molecule has 0 aliphatic heterocycles. The molecule has 1 rings (SSSR count). The van der Waals surface area contributed by atoms with Gasteiger partial charge in [-0.15, -0.1) is 0 Å². The molecule has 108 valence electrons. The lowest BCUT2D eigenvalue weighted by molar-refractivity contribution is 0.000779. The highest BCUT2D eigenvalue weighted by atomic mass is 14.6. The van der Waals surface area contributed by atoms with Gasteiger partial charge in [-0.2, -0.15) is 0 Å². The van der Waals surface area contributed by atoms with Crippen molar-refractivity contribution in [2.75, 3.05) is 0 Å². The minimum Gasteiger partial charge on any atom is -0.0649 e. The minimum absolute atomic E-state index is 0.435. The lowest BCUT2D eigenvalue weighted by atomic mass is 9.56. The van der Waals surface area contributed by atoms with Crippen LogP contribution < -0.4 is 0 Å². The predicted molar refractivity (Wildman–Crippen MR) is 82.7 cm³/mol. The first-order valence-corrected chi connectivity index (χ1v) is 8.05. The fourth-order valence-electron chi connectivity index (χ4n) is 4.88. The number of hydrogen-bond acceptors (Lipinski definition) is 0. The summed E-state index contributed by atoms with van der Waals surface area (Å²) in [6.07, 6.45) is 3.99. The van der Waals surface area contributed by atoms with Crippen LogP contribution in [0.2, 0.25) is 0 Å². The van der Waals surface area contributed by atoms with Crippen molar-refractivity contribution in [3.8, 4) is 0 Å². The Morgan fingerprint density at radius 1 is 0.833 bits per heavy atom. The van der Waals surface area contributed by atoms with E-state index in [0.717, 1.165) is 17.8 Å². The molecule has 5 atom stereocenters. The van der Waals surface area contributed by atoms with Gasteiger partial charge in [-0.05, 0) is 46.8 Å². The molecule has 0 spiro atoms. The Kier molecular flexibility index (Phi) is 4.31. The maximum Gasteiger partial charge on any atom is -0.0249 e. The first kappa shape index (κ1) is 16.1. The zero-order chi connectivity index (χ0) is 14.4. The molecule has 0 aromatic rings. The lowest BCUT2D eigenvalue weighted by Gasteiger charge is -2.49. The molecule has 0 heterocycles. The van der Waals surface area contributed by atoms with Gasteiger partial charge < -0.3 is 0 Å². The van der Waals surface area contributed by atoms with Crippen LogP contribution in [0.1, 0.15) is 81.6 Å². The van der Waals surface area contributed by atoms with Crippen LogP contribution in [0.25, 0.3) is 0 Å². The van der Waals surface area contributed by atoms with E-state index in [9.17, 15) is 0 Å². The molecule has 18 heavy (non-hydrogen) atoms. The van der Waals surface area contributed by atoms with Crippen LogP contribution in [0, 0.1) is 34.0 Å². The van der Waals surface area contributed by atoms with Crippen molar-refractivity contribution in [1.29, 1.82) is 0 Å². The van der Waals surface area contributed by atoms with E-state index >= 15 is 0 Å². The van der Waals surface area contributed by atoms with Gasteiger partial charge in [0.25, 0.3) is 0 Å².